The summed E-state index contributed by atoms with van der Waals surface area (Å²) in [6.45, 7) is 1.65. The third-order valence-electron chi connectivity index (χ3n) is 2.75. The highest BCUT2D eigenvalue weighted by Gasteiger charge is 2.37. The van der Waals surface area contributed by atoms with Crippen LogP contribution < -0.4 is 5.73 Å². The van der Waals surface area contributed by atoms with E-state index in [1.165, 1.54) is 0 Å². The van der Waals surface area contributed by atoms with Crippen LogP contribution in [0.5, 0.6) is 0 Å². The van der Waals surface area contributed by atoms with E-state index in [-0.39, 0.29) is 18.5 Å². The monoisotopic (exact) mass is 234 g/mol. The number of halogens is 1. The van der Waals surface area contributed by atoms with Gasteiger partial charge in [0.05, 0.1) is 18.9 Å². The van der Waals surface area contributed by atoms with Crippen molar-refractivity contribution < 1.29 is 19.3 Å². The number of ether oxygens (including phenoxy) is 1. The second-order valence-corrected chi connectivity index (χ2v) is 4.00. The molecule has 0 amide bonds. The molecule has 1 rings (SSSR count). The Balaban J connectivity index is 2.53. The lowest BCUT2D eigenvalue weighted by Crippen LogP contribution is -2.45. The summed E-state index contributed by atoms with van der Waals surface area (Å²) in [5, 5.41) is 19.0. The van der Waals surface area contributed by atoms with Gasteiger partial charge in [-0.3, -0.25) is 4.39 Å². The molecular weight excluding hydrogens is 215 g/mol. The zero-order valence-electron chi connectivity index (χ0n) is 9.34. The molecule has 0 radical (unpaired) electrons. The number of nitrogens with two attached hydrogens (primary N) is 1. The van der Waals surface area contributed by atoms with Gasteiger partial charge in [-0.25, -0.2) is 4.99 Å². The van der Waals surface area contributed by atoms with E-state index in [2.05, 4.69) is 4.99 Å². The number of aliphatic imine (C=N–C) groups is 1. The first-order valence-electron chi connectivity index (χ1n) is 5.47. The molecule has 4 N–H and O–H groups in total. The smallest absolute Gasteiger partial charge is 0.282 e. The minimum Gasteiger partial charge on any atom is -0.462 e. The largest absolute Gasteiger partial charge is 0.462 e. The molecule has 1 aliphatic rings. The molecule has 94 valence electrons. The molecule has 0 spiro atoms. The van der Waals surface area contributed by atoms with Gasteiger partial charge in [0.15, 0.2) is 0 Å². The fourth-order valence-electron chi connectivity index (χ4n) is 1.91. The van der Waals surface area contributed by atoms with Crippen LogP contribution in [-0.4, -0.2) is 47.8 Å². The number of aliphatic hydroxyl groups excluding tert-OH is 2. The van der Waals surface area contributed by atoms with Crippen molar-refractivity contribution in [1.29, 1.82) is 0 Å². The molecule has 0 heterocycles. The summed E-state index contributed by atoms with van der Waals surface area (Å²) in [6, 6.07) is 0.0497. The SMILES string of the molecule is CCN=C(N)O[C@@H]1CC(O)[C@H](O)C(CF)C1. The quantitative estimate of drug-likeness (QED) is 0.466. The summed E-state index contributed by atoms with van der Waals surface area (Å²) < 4.78 is 17.8. The Morgan fingerprint density at radius 2 is 2.19 bits per heavy atom. The second-order valence-electron chi connectivity index (χ2n) is 4.00. The standard InChI is InChI=1S/C10H19FN2O3/c1-2-13-10(12)16-7-3-6(5-11)9(15)8(14)4-7/h6-9,14-15H,2-5H2,1H3,(H2,12,13)/t6?,7-,8?,9+/m0/s1. The Morgan fingerprint density at radius 3 is 2.75 bits per heavy atom. The van der Waals surface area contributed by atoms with Crippen LogP contribution >= 0.6 is 0 Å². The van der Waals surface area contributed by atoms with E-state index in [4.69, 9.17) is 10.5 Å². The molecule has 1 saturated carbocycles. The van der Waals surface area contributed by atoms with E-state index in [9.17, 15) is 14.6 Å². The van der Waals surface area contributed by atoms with Crippen LogP contribution in [0.25, 0.3) is 0 Å². The van der Waals surface area contributed by atoms with Gasteiger partial charge in [-0.1, -0.05) is 0 Å². The average molecular weight is 234 g/mol. The molecule has 4 atom stereocenters. The maximum Gasteiger partial charge on any atom is 0.282 e. The van der Waals surface area contributed by atoms with Gasteiger partial charge in [-0.2, -0.15) is 0 Å². The number of hydrogen-bond acceptors (Lipinski definition) is 4. The number of nitrogens with zero attached hydrogens (tertiary/aromatic N) is 1. The number of amidine groups is 1. The van der Waals surface area contributed by atoms with Gasteiger partial charge in [-0.05, 0) is 13.3 Å². The van der Waals surface area contributed by atoms with Gasteiger partial charge in [0.25, 0.3) is 6.02 Å². The van der Waals surface area contributed by atoms with E-state index < -0.39 is 24.8 Å². The fourth-order valence-corrected chi connectivity index (χ4v) is 1.91. The van der Waals surface area contributed by atoms with Crippen LogP contribution in [0.1, 0.15) is 19.8 Å². The Kier molecular flexibility index (Phi) is 4.95. The Bertz CT molecular complexity index is 250. The predicted octanol–water partition coefficient (Wildman–Crippen LogP) is -0.193. The highest BCUT2D eigenvalue weighted by Crippen LogP contribution is 2.27. The summed E-state index contributed by atoms with van der Waals surface area (Å²) >= 11 is 0. The van der Waals surface area contributed by atoms with Crippen molar-refractivity contribution in [2.75, 3.05) is 13.2 Å². The second kappa shape index (κ2) is 6.00. The highest BCUT2D eigenvalue weighted by molar-refractivity contribution is 5.71. The Labute approximate surface area is 94.1 Å². The van der Waals surface area contributed by atoms with E-state index >= 15 is 0 Å². The molecule has 1 aliphatic carbocycles. The average Bonchev–Trinajstić information content (AvgIpc) is 2.23. The molecule has 0 saturated heterocycles. The number of alkyl halides is 1. The first-order chi connectivity index (χ1) is 7.58. The minimum atomic E-state index is -1.02. The third kappa shape index (κ3) is 3.31. The summed E-state index contributed by atoms with van der Waals surface area (Å²) in [7, 11) is 0. The zero-order valence-corrected chi connectivity index (χ0v) is 9.34. The molecule has 0 aromatic rings. The summed E-state index contributed by atoms with van der Waals surface area (Å²) in [5.74, 6) is -0.594. The van der Waals surface area contributed by atoms with Gasteiger partial charge in [0.2, 0.25) is 0 Å². The molecule has 2 unspecified atom stereocenters. The van der Waals surface area contributed by atoms with Crippen LogP contribution in [0, 0.1) is 5.92 Å². The van der Waals surface area contributed by atoms with Crippen molar-refractivity contribution in [3.05, 3.63) is 0 Å². The Morgan fingerprint density at radius 1 is 1.50 bits per heavy atom. The Hall–Kier alpha value is -0.880. The van der Waals surface area contributed by atoms with E-state index in [1.807, 2.05) is 6.92 Å². The van der Waals surface area contributed by atoms with Crippen LogP contribution in [0.4, 0.5) is 4.39 Å². The van der Waals surface area contributed by atoms with Crippen molar-refractivity contribution in [2.45, 2.75) is 38.1 Å². The topological polar surface area (TPSA) is 88.1 Å². The first-order valence-corrected chi connectivity index (χ1v) is 5.47. The first kappa shape index (κ1) is 13.2. The van der Waals surface area contributed by atoms with Crippen LogP contribution in [-0.2, 0) is 4.74 Å². The van der Waals surface area contributed by atoms with Gasteiger partial charge in [0, 0.05) is 18.9 Å². The molecule has 1 fully saturated rings. The van der Waals surface area contributed by atoms with E-state index in [0.717, 1.165) is 0 Å². The van der Waals surface area contributed by atoms with Crippen molar-refractivity contribution in [3.8, 4) is 0 Å². The number of hydrogen-bond donors (Lipinski definition) is 3. The van der Waals surface area contributed by atoms with E-state index in [1.54, 1.807) is 0 Å². The van der Waals surface area contributed by atoms with Crippen molar-refractivity contribution in [2.24, 2.45) is 16.6 Å². The molecular formula is C10H19FN2O3. The lowest BCUT2D eigenvalue weighted by atomic mass is 9.83. The normalized spacial score (nSPS) is 36.1. The van der Waals surface area contributed by atoms with E-state index in [0.29, 0.717) is 13.0 Å². The number of aliphatic hydroxyl groups is 2. The number of rotatable bonds is 3. The molecule has 0 aromatic carbocycles. The molecule has 0 bridgehead atoms. The highest BCUT2D eigenvalue weighted by atomic mass is 19.1. The van der Waals surface area contributed by atoms with Gasteiger partial charge in [-0.15, -0.1) is 0 Å². The molecule has 0 aliphatic heterocycles. The zero-order chi connectivity index (χ0) is 12.1. The van der Waals surface area contributed by atoms with Crippen molar-refractivity contribution >= 4 is 6.02 Å². The van der Waals surface area contributed by atoms with Crippen molar-refractivity contribution in [3.63, 3.8) is 0 Å². The van der Waals surface area contributed by atoms with Crippen LogP contribution in [0.15, 0.2) is 4.99 Å². The predicted molar refractivity (Wildman–Crippen MR) is 57.7 cm³/mol. The van der Waals surface area contributed by atoms with Crippen LogP contribution in [0.3, 0.4) is 0 Å². The molecule has 6 heteroatoms. The maximum atomic E-state index is 12.6. The van der Waals surface area contributed by atoms with Crippen molar-refractivity contribution in [1.82, 2.24) is 0 Å². The fraction of sp³-hybridized carbons (Fsp3) is 0.900. The van der Waals surface area contributed by atoms with Gasteiger partial charge in [0.1, 0.15) is 6.10 Å². The lowest BCUT2D eigenvalue weighted by molar-refractivity contribution is -0.0849. The van der Waals surface area contributed by atoms with Gasteiger partial charge < -0.3 is 20.7 Å². The van der Waals surface area contributed by atoms with Gasteiger partial charge >= 0.3 is 0 Å². The minimum absolute atomic E-state index is 0.0497. The maximum absolute atomic E-state index is 12.6. The lowest BCUT2D eigenvalue weighted by Gasteiger charge is -2.35. The molecule has 16 heavy (non-hydrogen) atoms. The van der Waals surface area contributed by atoms with Crippen LogP contribution in [0.2, 0.25) is 0 Å². The molecule has 0 aromatic heterocycles. The third-order valence-corrected chi connectivity index (χ3v) is 2.75. The summed E-state index contributed by atoms with van der Waals surface area (Å²) in [4.78, 5) is 3.85. The summed E-state index contributed by atoms with van der Waals surface area (Å²) in [5.41, 5.74) is 5.47. The summed E-state index contributed by atoms with van der Waals surface area (Å²) in [6.07, 6.45) is -1.77. The molecule has 5 nitrogen and oxygen atoms in total.